The number of halogens is 1. The Labute approximate surface area is 129 Å². The molecule has 0 spiro atoms. The van der Waals surface area contributed by atoms with E-state index in [2.05, 4.69) is 5.32 Å². The molecule has 1 amide bonds. The standard InChI is InChI=1S/C11H18ClNO9/c1-4(15)13-8-7(6(17)5(16)2-14)22-11(21,9(18)19)3-10(8,12)20/h5-8,14,16-17,20-21H,2-3H2,1H3,(H,13,15)(H,18,19)/t5-,6?,7+,8+,10+,11-/m1/s1. The zero-order valence-electron chi connectivity index (χ0n) is 11.5. The molecule has 0 bridgehead atoms. The third-order valence-electron chi connectivity index (χ3n) is 3.23. The van der Waals surface area contributed by atoms with E-state index in [1.165, 1.54) is 0 Å². The van der Waals surface area contributed by atoms with Crippen LogP contribution in [-0.4, -0.2) is 84.3 Å². The van der Waals surface area contributed by atoms with Gasteiger partial charge in [-0.15, -0.1) is 0 Å². The van der Waals surface area contributed by atoms with Gasteiger partial charge in [0, 0.05) is 6.92 Å². The molecule has 0 aromatic rings. The molecular weight excluding hydrogens is 326 g/mol. The first-order valence-electron chi connectivity index (χ1n) is 6.23. The fourth-order valence-electron chi connectivity index (χ4n) is 2.16. The number of carbonyl (C=O) groups is 2. The van der Waals surface area contributed by atoms with Gasteiger partial charge >= 0.3 is 5.97 Å². The summed E-state index contributed by atoms with van der Waals surface area (Å²) in [4.78, 5) is 22.3. The molecule has 1 unspecified atom stereocenters. The first kappa shape index (κ1) is 19.0. The molecule has 0 aromatic carbocycles. The van der Waals surface area contributed by atoms with Crippen molar-refractivity contribution in [3.63, 3.8) is 0 Å². The Kier molecular flexibility index (Phi) is 5.73. The second-order valence-electron chi connectivity index (χ2n) is 5.09. The second kappa shape index (κ2) is 6.62. The molecule has 1 saturated heterocycles. The fourth-order valence-corrected chi connectivity index (χ4v) is 2.52. The molecule has 1 aliphatic rings. The normalized spacial score (nSPS) is 38.1. The van der Waals surface area contributed by atoms with Crippen LogP contribution in [0.1, 0.15) is 13.3 Å². The van der Waals surface area contributed by atoms with Crippen molar-refractivity contribution in [3.8, 4) is 0 Å². The van der Waals surface area contributed by atoms with Gasteiger partial charge in [-0.1, -0.05) is 11.6 Å². The van der Waals surface area contributed by atoms with Crippen LogP contribution in [0.5, 0.6) is 0 Å². The quantitative estimate of drug-likeness (QED) is 0.252. The maximum absolute atomic E-state index is 11.2. The van der Waals surface area contributed by atoms with E-state index in [1.54, 1.807) is 0 Å². The molecule has 128 valence electrons. The van der Waals surface area contributed by atoms with Crippen molar-refractivity contribution >= 4 is 23.5 Å². The summed E-state index contributed by atoms with van der Waals surface area (Å²) in [5, 5.41) is 56.9. The van der Waals surface area contributed by atoms with Crippen LogP contribution in [0.4, 0.5) is 0 Å². The number of aliphatic hydroxyl groups is 5. The van der Waals surface area contributed by atoms with Crippen LogP contribution in [0, 0.1) is 0 Å². The predicted octanol–water partition coefficient (Wildman–Crippen LogP) is -3.31. The summed E-state index contributed by atoms with van der Waals surface area (Å²) in [6, 6.07) is -1.55. The summed E-state index contributed by atoms with van der Waals surface area (Å²) < 4.78 is 4.84. The number of rotatable bonds is 5. The highest BCUT2D eigenvalue weighted by Crippen LogP contribution is 2.39. The van der Waals surface area contributed by atoms with Crippen LogP contribution >= 0.6 is 11.6 Å². The number of ether oxygens (including phenoxy) is 1. The van der Waals surface area contributed by atoms with Crippen molar-refractivity contribution in [3.05, 3.63) is 0 Å². The van der Waals surface area contributed by atoms with Crippen molar-refractivity contribution in [1.29, 1.82) is 0 Å². The number of alkyl halides is 1. The summed E-state index contributed by atoms with van der Waals surface area (Å²) >= 11 is 5.78. The molecule has 1 fully saturated rings. The second-order valence-corrected chi connectivity index (χ2v) is 5.74. The van der Waals surface area contributed by atoms with E-state index in [1.807, 2.05) is 0 Å². The minimum atomic E-state index is -2.95. The van der Waals surface area contributed by atoms with Gasteiger partial charge in [0.2, 0.25) is 5.91 Å². The highest BCUT2D eigenvalue weighted by atomic mass is 35.5. The molecule has 7 N–H and O–H groups in total. The summed E-state index contributed by atoms with van der Waals surface area (Å²) in [6.07, 6.45) is -6.55. The van der Waals surface area contributed by atoms with Crippen molar-refractivity contribution in [2.24, 2.45) is 0 Å². The van der Waals surface area contributed by atoms with Crippen LogP contribution in [-0.2, 0) is 14.3 Å². The molecule has 0 aromatic heterocycles. The number of carboxylic acid groups (broad SMARTS) is 1. The molecular formula is C11H18ClNO9. The molecule has 6 atom stereocenters. The third-order valence-corrected chi connectivity index (χ3v) is 3.60. The van der Waals surface area contributed by atoms with Crippen LogP contribution in [0.3, 0.4) is 0 Å². The predicted molar refractivity (Wildman–Crippen MR) is 69.6 cm³/mol. The van der Waals surface area contributed by atoms with Gasteiger partial charge in [0.25, 0.3) is 5.79 Å². The molecule has 22 heavy (non-hydrogen) atoms. The Balaban J connectivity index is 3.22. The van der Waals surface area contributed by atoms with Gasteiger partial charge in [-0.25, -0.2) is 4.79 Å². The maximum atomic E-state index is 11.2. The smallest absolute Gasteiger partial charge is 0.364 e. The lowest BCUT2D eigenvalue weighted by molar-refractivity contribution is -0.301. The molecule has 0 saturated carbocycles. The largest absolute Gasteiger partial charge is 0.477 e. The topological polar surface area (TPSA) is 177 Å². The van der Waals surface area contributed by atoms with E-state index in [0.29, 0.717) is 0 Å². The average Bonchev–Trinajstić information content (AvgIpc) is 2.38. The van der Waals surface area contributed by atoms with Crippen LogP contribution in [0.2, 0.25) is 0 Å². The zero-order chi connectivity index (χ0) is 17.3. The van der Waals surface area contributed by atoms with E-state index in [4.69, 9.17) is 26.6 Å². The number of nitrogens with one attached hydrogen (secondary N) is 1. The molecule has 1 aliphatic heterocycles. The number of aliphatic hydroxyl groups excluding tert-OH is 3. The lowest BCUT2D eigenvalue weighted by Crippen LogP contribution is -2.70. The Morgan fingerprint density at radius 3 is 2.36 bits per heavy atom. The van der Waals surface area contributed by atoms with Gasteiger partial charge in [0.15, 0.2) is 5.06 Å². The SMILES string of the molecule is CC(=O)N[C@H]1[C@H](C(O)[C@H](O)CO)O[C@@](O)(C(=O)O)C[C@@]1(O)Cl. The van der Waals surface area contributed by atoms with Crippen molar-refractivity contribution < 1.29 is 45.0 Å². The summed E-state index contributed by atoms with van der Waals surface area (Å²) in [6.45, 7) is 0.150. The first-order chi connectivity index (χ1) is 9.94. The Morgan fingerprint density at radius 1 is 1.41 bits per heavy atom. The van der Waals surface area contributed by atoms with Gasteiger partial charge in [-0.05, 0) is 0 Å². The van der Waals surface area contributed by atoms with Crippen molar-refractivity contribution in [2.45, 2.75) is 48.5 Å². The minimum Gasteiger partial charge on any atom is -0.477 e. The number of aliphatic carboxylic acids is 1. The van der Waals surface area contributed by atoms with Crippen LogP contribution in [0.25, 0.3) is 0 Å². The lowest BCUT2D eigenvalue weighted by Gasteiger charge is -2.48. The number of carboxylic acids is 1. The molecule has 10 nitrogen and oxygen atoms in total. The van der Waals surface area contributed by atoms with Gasteiger partial charge < -0.3 is 40.7 Å². The lowest BCUT2D eigenvalue weighted by atomic mass is 9.88. The number of hydrogen-bond donors (Lipinski definition) is 7. The van der Waals surface area contributed by atoms with Crippen molar-refractivity contribution in [2.75, 3.05) is 6.61 Å². The molecule has 0 aliphatic carbocycles. The van der Waals surface area contributed by atoms with E-state index >= 15 is 0 Å². The molecule has 0 radical (unpaired) electrons. The highest BCUT2D eigenvalue weighted by molar-refractivity contribution is 6.23. The van der Waals surface area contributed by atoms with E-state index in [9.17, 15) is 30.0 Å². The highest BCUT2D eigenvalue weighted by Gasteiger charge is 2.60. The van der Waals surface area contributed by atoms with Gasteiger partial charge in [-0.3, -0.25) is 4.79 Å². The number of amides is 1. The third kappa shape index (κ3) is 3.84. The van der Waals surface area contributed by atoms with Gasteiger partial charge in [0.1, 0.15) is 24.4 Å². The van der Waals surface area contributed by atoms with Crippen LogP contribution in [0.15, 0.2) is 0 Å². The maximum Gasteiger partial charge on any atom is 0.364 e. The minimum absolute atomic E-state index is 0.691. The Bertz CT molecular complexity index is 445. The summed E-state index contributed by atoms with van der Waals surface area (Å²) in [7, 11) is 0. The molecule has 11 heteroatoms. The van der Waals surface area contributed by atoms with Gasteiger partial charge in [0.05, 0.1) is 13.0 Å². The number of hydrogen-bond acceptors (Lipinski definition) is 8. The monoisotopic (exact) mass is 343 g/mol. The van der Waals surface area contributed by atoms with E-state index in [0.717, 1.165) is 6.92 Å². The fraction of sp³-hybridized carbons (Fsp3) is 0.818. The van der Waals surface area contributed by atoms with Crippen molar-refractivity contribution in [1.82, 2.24) is 5.32 Å². The van der Waals surface area contributed by atoms with E-state index in [-0.39, 0.29) is 0 Å². The summed E-state index contributed by atoms with van der Waals surface area (Å²) in [5.41, 5.74) is 0. The Hall–Kier alpha value is -1.01. The zero-order valence-corrected chi connectivity index (χ0v) is 12.3. The van der Waals surface area contributed by atoms with Crippen LogP contribution < -0.4 is 5.32 Å². The first-order valence-corrected chi connectivity index (χ1v) is 6.61. The number of carbonyl (C=O) groups excluding carboxylic acids is 1. The van der Waals surface area contributed by atoms with E-state index < -0.39 is 60.1 Å². The summed E-state index contributed by atoms with van der Waals surface area (Å²) in [5.74, 6) is -5.53. The Morgan fingerprint density at radius 2 is 1.95 bits per heavy atom. The molecule has 1 heterocycles. The molecule has 1 rings (SSSR count). The average molecular weight is 344 g/mol. The van der Waals surface area contributed by atoms with Gasteiger partial charge in [-0.2, -0.15) is 0 Å².